The molecule has 2 atom stereocenters. The third kappa shape index (κ3) is 16.9. The molecule has 2 aliphatic carbocycles. The molecule has 12 nitrogen and oxygen atoms in total. The van der Waals surface area contributed by atoms with Gasteiger partial charge >= 0.3 is 11.9 Å². The Kier molecular flexibility index (Phi) is 19.0. The van der Waals surface area contributed by atoms with Gasteiger partial charge in [-0.05, 0) is 58.5 Å². The maximum atomic E-state index is 12.4. The van der Waals surface area contributed by atoms with Gasteiger partial charge < -0.3 is 29.5 Å². The van der Waals surface area contributed by atoms with E-state index in [1.54, 1.807) is 0 Å². The Bertz CT molecular complexity index is 1210. The molecule has 2 aromatic rings. The summed E-state index contributed by atoms with van der Waals surface area (Å²) in [7, 11) is 0. The van der Waals surface area contributed by atoms with Crippen LogP contribution in [0.2, 0.25) is 0 Å². The van der Waals surface area contributed by atoms with Crippen molar-refractivity contribution < 1.29 is 28.5 Å². The second-order valence-electron chi connectivity index (χ2n) is 15.3. The summed E-state index contributed by atoms with van der Waals surface area (Å²) in [6, 6.07) is 0. The molecule has 0 amide bonds. The Labute approximate surface area is 300 Å². The average Bonchev–Trinajstić information content (AvgIpc) is 3.76. The molecule has 0 radical (unpaired) electrons. The molecule has 4 rings (SSSR count). The van der Waals surface area contributed by atoms with E-state index in [4.69, 9.17) is 18.9 Å². The van der Waals surface area contributed by atoms with E-state index in [0.717, 1.165) is 50.6 Å². The van der Waals surface area contributed by atoms with Gasteiger partial charge in [0.25, 0.3) is 0 Å². The molecular weight excluding hydrogens is 636 g/mol. The van der Waals surface area contributed by atoms with Crippen molar-refractivity contribution in [3.63, 3.8) is 0 Å². The summed E-state index contributed by atoms with van der Waals surface area (Å²) in [4.78, 5) is 32.4. The van der Waals surface area contributed by atoms with E-state index in [9.17, 15) is 9.59 Å². The first-order valence-corrected chi connectivity index (χ1v) is 19.6. The molecule has 3 N–H and O–H groups in total. The maximum absolute atomic E-state index is 12.4. The lowest BCUT2D eigenvalue weighted by Crippen LogP contribution is -2.25. The first kappa shape index (κ1) is 41.6. The average molecular weight is 703 g/mol. The smallest absolute Gasteiger partial charge is 0.307 e. The van der Waals surface area contributed by atoms with Crippen LogP contribution in [0.5, 0.6) is 0 Å². The number of hydrogen-bond acceptors (Lipinski definition) is 11. The van der Waals surface area contributed by atoms with Crippen LogP contribution in [0.3, 0.4) is 0 Å². The van der Waals surface area contributed by atoms with E-state index in [0.29, 0.717) is 42.9 Å². The Morgan fingerprint density at radius 3 is 1.60 bits per heavy atom. The van der Waals surface area contributed by atoms with Gasteiger partial charge in [-0.1, -0.05) is 114 Å². The van der Waals surface area contributed by atoms with Crippen molar-refractivity contribution >= 4 is 11.9 Å². The van der Waals surface area contributed by atoms with Crippen LogP contribution in [0, 0.1) is 11.8 Å². The van der Waals surface area contributed by atoms with E-state index in [1.165, 1.54) is 77.0 Å². The van der Waals surface area contributed by atoms with Crippen molar-refractivity contribution in [2.24, 2.45) is 11.8 Å². The number of carboxylic acid groups (broad SMARTS) is 1. The van der Waals surface area contributed by atoms with Gasteiger partial charge in [0.2, 0.25) is 11.8 Å². The number of ether oxygens (including phenoxy) is 1. The van der Waals surface area contributed by atoms with Gasteiger partial charge in [0, 0.05) is 11.8 Å². The van der Waals surface area contributed by atoms with Crippen molar-refractivity contribution in [1.29, 1.82) is 0 Å². The number of esters is 1. The maximum Gasteiger partial charge on any atom is 0.307 e. The van der Waals surface area contributed by atoms with Crippen LogP contribution < -0.4 is 10.6 Å². The van der Waals surface area contributed by atoms with E-state index >= 15 is 0 Å². The fourth-order valence-electron chi connectivity index (χ4n) is 7.16. The van der Waals surface area contributed by atoms with Gasteiger partial charge in [-0.2, -0.15) is 9.97 Å². The number of rotatable bonds is 20. The molecular formula is C38H66N6O6. The fourth-order valence-corrected chi connectivity index (χ4v) is 7.16. The van der Waals surface area contributed by atoms with Gasteiger partial charge in [-0.3, -0.25) is 9.59 Å². The lowest BCUT2D eigenvalue weighted by molar-refractivity contribution is -0.155. The molecule has 2 aromatic heterocycles. The number of nitrogens with zero attached hydrogens (tertiary/aromatic N) is 4. The predicted octanol–water partition coefficient (Wildman–Crippen LogP) is 8.23. The van der Waals surface area contributed by atoms with E-state index < -0.39 is 11.6 Å². The third-order valence-electron chi connectivity index (χ3n) is 9.77. The van der Waals surface area contributed by atoms with Gasteiger partial charge in [0.15, 0.2) is 11.6 Å². The van der Waals surface area contributed by atoms with Crippen LogP contribution in [0.15, 0.2) is 9.05 Å². The molecule has 50 heavy (non-hydrogen) atoms. The van der Waals surface area contributed by atoms with E-state index in [1.807, 2.05) is 34.6 Å². The molecule has 0 bridgehead atoms. The van der Waals surface area contributed by atoms with Crippen molar-refractivity contribution in [2.45, 2.75) is 181 Å². The van der Waals surface area contributed by atoms with Crippen LogP contribution in [-0.4, -0.2) is 56.0 Å². The number of carboxylic acids is 1. The second-order valence-corrected chi connectivity index (χ2v) is 15.3. The Morgan fingerprint density at radius 1 is 0.760 bits per heavy atom. The molecule has 2 heterocycles. The van der Waals surface area contributed by atoms with Crippen molar-refractivity contribution in [3.05, 3.63) is 23.4 Å². The summed E-state index contributed by atoms with van der Waals surface area (Å²) < 4.78 is 16.3. The topological polar surface area (TPSA) is 166 Å². The van der Waals surface area contributed by atoms with Crippen LogP contribution in [0.25, 0.3) is 0 Å². The number of carbonyl (C=O) groups excluding carboxylic acids is 1. The first-order valence-electron chi connectivity index (χ1n) is 19.6. The van der Waals surface area contributed by atoms with Crippen LogP contribution in [0.4, 0.5) is 0 Å². The number of hydrogen-bond donors (Lipinski definition) is 3. The van der Waals surface area contributed by atoms with Crippen molar-refractivity contribution in [1.82, 2.24) is 30.9 Å². The quantitative estimate of drug-likeness (QED) is 0.113. The Hall–Kier alpha value is -2.86. The van der Waals surface area contributed by atoms with E-state index in [2.05, 4.69) is 30.9 Å². The number of aromatic nitrogens is 4. The largest absolute Gasteiger partial charge is 0.481 e. The summed E-state index contributed by atoms with van der Waals surface area (Å²) in [6.07, 6.45) is 20.1. The summed E-state index contributed by atoms with van der Waals surface area (Å²) in [5.74, 6) is 2.72. The lowest BCUT2D eigenvalue weighted by Gasteiger charge is -2.23. The van der Waals surface area contributed by atoms with E-state index in [-0.39, 0.29) is 24.2 Å². The Balaban J connectivity index is 0.000000274. The van der Waals surface area contributed by atoms with Gasteiger partial charge in [-0.15, -0.1) is 0 Å². The molecule has 0 aliphatic heterocycles. The summed E-state index contributed by atoms with van der Waals surface area (Å²) in [6.45, 7) is 12.6. The van der Waals surface area contributed by atoms with Crippen LogP contribution in [-0.2, 0) is 27.4 Å². The van der Waals surface area contributed by atoms with Crippen LogP contribution in [0.1, 0.15) is 185 Å². The van der Waals surface area contributed by atoms with Crippen molar-refractivity contribution in [3.8, 4) is 0 Å². The molecule has 0 aromatic carbocycles. The molecule has 2 fully saturated rings. The number of nitrogens with one attached hydrogen (secondary N) is 2. The molecule has 0 unspecified atom stereocenters. The zero-order valence-corrected chi connectivity index (χ0v) is 31.6. The highest BCUT2D eigenvalue weighted by Crippen LogP contribution is 2.33. The van der Waals surface area contributed by atoms with Gasteiger partial charge in [-0.25, -0.2) is 0 Å². The highest BCUT2D eigenvalue weighted by atomic mass is 16.6. The molecule has 0 spiro atoms. The Morgan fingerprint density at radius 2 is 1.20 bits per heavy atom. The number of aliphatic carboxylic acids is 1. The van der Waals surface area contributed by atoms with Crippen LogP contribution >= 0.6 is 0 Å². The van der Waals surface area contributed by atoms with Gasteiger partial charge in [0.05, 0.1) is 25.9 Å². The molecule has 284 valence electrons. The first-order chi connectivity index (χ1) is 24.1. The highest BCUT2D eigenvalue weighted by molar-refractivity contribution is 5.70. The third-order valence-corrected chi connectivity index (χ3v) is 9.77. The summed E-state index contributed by atoms with van der Waals surface area (Å²) in [5, 5.41) is 23.5. The predicted molar refractivity (Wildman–Crippen MR) is 192 cm³/mol. The normalized spacial score (nSPS) is 17.1. The zero-order chi connectivity index (χ0) is 36.2. The minimum Gasteiger partial charge on any atom is -0.481 e. The number of carbonyl (C=O) groups is 2. The summed E-state index contributed by atoms with van der Waals surface area (Å²) >= 11 is 0. The molecule has 2 aliphatic rings. The molecule has 12 heteroatoms. The summed E-state index contributed by atoms with van der Waals surface area (Å²) in [5.41, 5.74) is -0.477. The molecule has 0 saturated heterocycles. The minimum absolute atomic E-state index is 0.0630. The zero-order valence-electron chi connectivity index (χ0n) is 31.6. The highest BCUT2D eigenvalue weighted by Gasteiger charge is 2.27. The monoisotopic (exact) mass is 703 g/mol. The van der Waals surface area contributed by atoms with Gasteiger partial charge in [0.1, 0.15) is 5.60 Å². The standard InChI is InChI=1S/C21H37N3O3.C17H29N3O3/c1-5-22-15-18-23-20(27-24-18)17(14-19(25)26-21(2,3)4)13-9-12-16-10-7-6-8-11-16;1-2-18-12-15-19-17(23-20-15)14(11-16(21)22)10-6-9-13-7-4-3-5-8-13/h16-17,22H,5-15H2,1-4H3;13-14,18H,2-12H2,1H3,(H,21,22)/t17-;14-/m11/s1. The lowest BCUT2D eigenvalue weighted by atomic mass is 9.84. The fraction of sp³-hybridized carbons (Fsp3) is 0.842. The van der Waals surface area contributed by atoms with Crippen molar-refractivity contribution in [2.75, 3.05) is 13.1 Å². The minimum atomic E-state index is -0.806. The SMILES string of the molecule is CCNCc1noc([C@H](CCCC2CCCCC2)CC(=O)O)n1.CCNCc1noc([C@H](CCCC2CCCCC2)CC(=O)OC(C)(C)C)n1. The second kappa shape index (κ2) is 22.9. The molecule has 2 saturated carbocycles.